The van der Waals surface area contributed by atoms with Crippen LogP contribution in [-0.2, 0) is 0 Å². The molecule has 2 aromatic rings. The molecular weight excluding hydrogens is 299 g/mol. The SMILES string of the molecule is CNC(c1cc(C)c(F)cc1Cl)c1c(F)ccc(C)c1F. The number of aryl methyl sites for hydroxylation is 2. The Morgan fingerprint density at radius 3 is 2.29 bits per heavy atom. The lowest BCUT2D eigenvalue weighted by Crippen LogP contribution is -2.21. The van der Waals surface area contributed by atoms with Crippen LogP contribution in [0.3, 0.4) is 0 Å². The van der Waals surface area contributed by atoms with Gasteiger partial charge in [-0.05, 0) is 55.8 Å². The fraction of sp³-hybridized carbons (Fsp3) is 0.250. The van der Waals surface area contributed by atoms with Gasteiger partial charge in [0.2, 0.25) is 0 Å². The van der Waals surface area contributed by atoms with E-state index in [4.69, 9.17) is 11.6 Å². The summed E-state index contributed by atoms with van der Waals surface area (Å²) in [7, 11) is 1.57. The van der Waals surface area contributed by atoms with Gasteiger partial charge in [-0.2, -0.15) is 0 Å². The van der Waals surface area contributed by atoms with Crippen molar-refractivity contribution in [3.8, 4) is 0 Å². The van der Waals surface area contributed by atoms with Crippen molar-refractivity contribution >= 4 is 11.6 Å². The molecule has 0 aliphatic carbocycles. The molecule has 0 spiro atoms. The molecule has 1 nitrogen and oxygen atoms in total. The third-order valence-corrected chi connectivity index (χ3v) is 3.81. The minimum Gasteiger partial charge on any atom is -0.309 e. The Bertz CT molecular complexity index is 686. The zero-order valence-corrected chi connectivity index (χ0v) is 12.7. The van der Waals surface area contributed by atoms with E-state index in [0.717, 1.165) is 6.07 Å². The Labute approximate surface area is 126 Å². The lowest BCUT2D eigenvalue weighted by Gasteiger charge is -2.21. The number of halogens is 4. The highest BCUT2D eigenvalue weighted by Gasteiger charge is 2.24. The van der Waals surface area contributed by atoms with Gasteiger partial charge in [-0.15, -0.1) is 0 Å². The minimum absolute atomic E-state index is 0.120. The van der Waals surface area contributed by atoms with Crippen LogP contribution in [0, 0.1) is 31.3 Å². The maximum Gasteiger partial charge on any atom is 0.134 e. The molecule has 1 N–H and O–H groups in total. The second-order valence-electron chi connectivity index (χ2n) is 4.94. The molecule has 1 atom stereocenters. The van der Waals surface area contributed by atoms with E-state index in [-0.39, 0.29) is 10.6 Å². The van der Waals surface area contributed by atoms with Gasteiger partial charge in [0.25, 0.3) is 0 Å². The van der Waals surface area contributed by atoms with Crippen molar-refractivity contribution in [2.24, 2.45) is 0 Å². The van der Waals surface area contributed by atoms with Gasteiger partial charge in [0, 0.05) is 10.6 Å². The first-order valence-corrected chi connectivity index (χ1v) is 6.82. The first-order valence-electron chi connectivity index (χ1n) is 6.44. The van der Waals surface area contributed by atoms with Crippen molar-refractivity contribution in [2.75, 3.05) is 7.05 Å². The molecule has 2 aromatic carbocycles. The number of rotatable bonds is 3. The predicted molar refractivity (Wildman–Crippen MR) is 78.1 cm³/mol. The Kier molecular flexibility index (Phi) is 4.59. The van der Waals surface area contributed by atoms with Crippen molar-refractivity contribution in [1.29, 1.82) is 0 Å². The smallest absolute Gasteiger partial charge is 0.134 e. The molecule has 0 heterocycles. The van der Waals surface area contributed by atoms with Gasteiger partial charge >= 0.3 is 0 Å². The van der Waals surface area contributed by atoms with Crippen LogP contribution < -0.4 is 5.32 Å². The van der Waals surface area contributed by atoms with Crippen LogP contribution >= 0.6 is 11.6 Å². The zero-order valence-electron chi connectivity index (χ0n) is 11.9. The molecule has 0 saturated carbocycles. The van der Waals surface area contributed by atoms with E-state index in [1.54, 1.807) is 20.9 Å². The van der Waals surface area contributed by atoms with Crippen LogP contribution in [0.5, 0.6) is 0 Å². The predicted octanol–water partition coefficient (Wildman–Crippen LogP) is 4.68. The Morgan fingerprint density at radius 1 is 1.00 bits per heavy atom. The summed E-state index contributed by atoms with van der Waals surface area (Å²) >= 11 is 6.04. The van der Waals surface area contributed by atoms with E-state index >= 15 is 0 Å². The summed E-state index contributed by atoms with van der Waals surface area (Å²) in [5.74, 6) is -1.76. The molecule has 0 aromatic heterocycles. The van der Waals surface area contributed by atoms with E-state index in [1.165, 1.54) is 18.2 Å². The van der Waals surface area contributed by atoms with E-state index in [2.05, 4.69) is 5.32 Å². The van der Waals surface area contributed by atoms with Crippen molar-refractivity contribution in [1.82, 2.24) is 5.32 Å². The Balaban J connectivity index is 2.66. The second kappa shape index (κ2) is 6.08. The van der Waals surface area contributed by atoms with E-state index < -0.39 is 23.5 Å². The third kappa shape index (κ3) is 2.92. The van der Waals surface area contributed by atoms with E-state index in [0.29, 0.717) is 16.7 Å². The highest BCUT2D eigenvalue weighted by atomic mass is 35.5. The van der Waals surface area contributed by atoms with E-state index in [9.17, 15) is 13.2 Å². The molecule has 21 heavy (non-hydrogen) atoms. The maximum absolute atomic E-state index is 14.3. The van der Waals surface area contributed by atoms with Crippen LogP contribution in [-0.4, -0.2) is 7.05 Å². The maximum atomic E-state index is 14.3. The summed E-state index contributed by atoms with van der Waals surface area (Å²) in [6.07, 6.45) is 0. The van der Waals surface area contributed by atoms with Crippen LogP contribution in [0.15, 0.2) is 24.3 Å². The van der Waals surface area contributed by atoms with Gasteiger partial charge in [0.15, 0.2) is 0 Å². The molecule has 112 valence electrons. The fourth-order valence-corrected chi connectivity index (χ4v) is 2.56. The number of hydrogen-bond donors (Lipinski definition) is 1. The van der Waals surface area contributed by atoms with Crippen LogP contribution in [0.25, 0.3) is 0 Å². The first-order chi connectivity index (χ1) is 9.86. The molecule has 5 heteroatoms. The van der Waals surface area contributed by atoms with Crippen molar-refractivity contribution in [3.05, 3.63) is 69.0 Å². The lowest BCUT2D eigenvalue weighted by atomic mass is 9.95. The standard InChI is InChI=1S/C16H15ClF3N/c1-8-4-5-12(18)14(15(8)20)16(21-3)10-6-9(2)13(19)7-11(10)17/h4-7,16,21H,1-3H3. The topological polar surface area (TPSA) is 12.0 Å². The molecule has 0 radical (unpaired) electrons. The molecule has 0 saturated heterocycles. The average Bonchev–Trinajstić information content (AvgIpc) is 2.44. The summed E-state index contributed by atoms with van der Waals surface area (Å²) in [5, 5.41) is 2.97. The second-order valence-corrected chi connectivity index (χ2v) is 5.34. The summed E-state index contributed by atoms with van der Waals surface area (Å²) < 4.78 is 41.9. The molecule has 0 fully saturated rings. The Morgan fingerprint density at radius 2 is 1.67 bits per heavy atom. The molecule has 0 amide bonds. The molecule has 0 bridgehead atoms. The third-order valence-electron chi connectivity index (χ3n) is 3.49. The minimum atomic E-state index is -0.795. The molecule has 0 aliphatic heterocycles. The quantitative estimate of drug-likeness (QED) is 0.867. The van der Waals surface area contributed by atoms with Gasteiger partial charge in [0.1, 0.15) is 17.5 Å². The number of benzene rings is 2. The normalized spacial score (nSPS) is 12.5. The average molecular weight is 314 g/mol. The summed E-state index contributed by atoms with van der Waals surface area (Å²) in [5.41, 5.74) is 1.01. The van der Waals surface area contributed by atoms with Crippen LogP contribution in [0.2, 0.25) is 5.02 Å². The van der Waals surface area contributed by atoms with Gasteiger partial charge < -0.3 is 5.32 Å². The van der Waals surface area contributed by atoms with Crippen molar-refractivity contribution in [3.63, 3.8) is 0 Å². The van der Waals surface area contributed by atoms with Crippen LogP contribution in [0.1, 0.15) is 28.3 Å². The van der Waals surface area contributed by atoms with Crippen LogP contribution in [0.4, 0.5) is 13.2 Å². The summed E-state index contributed by atoms with van der Waals surface area (Å²) in [6.45, 7) is 3.13. The summed E-state index contributed by atoms with van der Waals surface area (Å²) in [6, 6.07) is 4.44. The monoisotopic (exact) mass is 313 g/mol. The van der Waals surface area contributed by atoms with Crippen molar-refractivity contribution in [2.45, 2.75) is 19.9 Å². The van der Waals surface area contributed by atoms with E-state index in [1.807, 2.05) is 0 Å². The highest BCUT2D eigenvalue weighted by Crippen LogP contribution is 2.33. The largest absolute Gasteiger partial charge is 0.309 e. The van der Waals surface area contributed by atoms with Gasteiger partial charge in [0.05, 0.1) is 6.04 Å². The molecular formula is C16H15ClF3N. The molecule has 0 aliphatic rings. The molecule has 2 rings (SSSR count). The lowest BCUT2D eigenvalue weighted by molar-refractivity contribution is 0.517. The van der Waals surface area contributed by atoms with Gasteiger partial charge in [-0.25, -0.2) is 13.2 Å². The van der Waals surface area contributed by atoms with Gasteiger partial charge in [-0.1, -0.05) is 17.7 Å². The highest BCUT2D eigenvalue weighted by molar-refractivity contribution is 6.31. The Hall–Kier alpha value is -1.52. The fourth-order valence-electron chi connectivity index (χ4n) is 2.30. The molecule has 1 unspecified atom stereocenters. The summed E-state index contributed by atoms with van der Waals surface area (Å²) in [4.78, 5) is 0. The van der Waals surface area contributed by atoms with Crippen molar-refractivity contribution < 1.29 is 13.2 Å². The number of nitrogens with one attached hydrogen (secondary N) is 1. The first kappa shape index (κ1) is 15.9. The number of hydrogen-bond acceptors (Lipinski definition) is 1. The zero-order chi connectivity index (χ0) is 15.7. The van der Waals surface area contributed by atoms with Gasteiger partial charge in [-0.3, -0.25) is 0 Å².